The van der Waals surface area contributed by atoms with E-state index in [1.165, 1.54) is 12.1 Å². The number of methoxy groups -OCH3 is 2. The van der Waals surface area contributed by atoms with Gasteiger partial charge in [-0.1, -0.05) is 17.7 Å². The molecule has 0 aliphatic carbocycles. The minimum atomic E-state index is -0.915. The van der Waals surface area contributed by atoms with Crippen LogP contribution in [-0.4, -0.2) is 42.1 Å². The molecule has 0 spiro atoms. The molecule has 2 aromatic carbocycles. The Balaban J connectivity index is 0.00000364. The van der Waals surface area contributed by atoms with Crippen molar-refractivity contribution in [1.29, 1.82) is 0 Å². The number of aliphatic hydroxyl groups excluding tert-OH is 1. The molecule has 150 valence electrons. The van der Waals surface area contributed by atoms with Crippen LogP contribution in [0.1, 0.15) is 24.2 Å². The Bertz CT molecular complexity index is 757. The van der Waals surface area contributed by atoms with E-state index in [-0.39, 0.29) is 41.5 Å². The van der Waals surface area contributed by atoms with Gasteiger partial charge in [0.1, 0.15) is 0 Å². The van der Waals surface area contributed by atoms with Gasteiger partial charge >= 0.3 is 0 Å². The molecule has 0 radical (unpaired) electrons. The highest BCUT2D eigenvalue weighted by atomic mass is 35.5. The number of rotatable bonds is 8. The predicted octanol–water partition coefficient (Wildman–Crippen LogP) is 3.44. The summed E-state index contributed by atoms with van der Waals surface area (Å²) in [6.45, 7) is 2.25. The van der Waals surface area contributed by atoms with E-state index in [1.54, 1.807) is 14.2 Å². The van der Waals surface area contributed by atoms with E-state index in [2.05, 4.69) is 5.32 Å². The van der Waals surface area contributed by atoms with Gasteiger partial charge in [0.2, 0.25) is 0 Å². The molecule has 0 fully saturated rings. The smallest absolute Gasteiger partial charge is 0.160 e. The second-order valence-electron chi connectivity index (χ2n) is 6.08. The van der Waals surface area contributed by atoms with Gasteiger partial charge in [0.05, 0.1) is 25.3 Å². The first kappa shape index (κ1) is 23.2. The van der Waals surface area contributed by atoms with Crippen LogP contribution in [0.2, 0.25) is 5.02 Å². The molecular formula is C19H25Cl2NO5. The molecule has 0 saturated heterocycles. The SMILES string of the molecule is COc1ccc(CC(C)NCC(O)c2cc(O)c(O)cc2Cl)cc1OC.Cl. The average molecular weight is 418 g/mol. The van der Waals surface area contributed by atoms with Crippen LogP contribution < -0.4 is 14.8 Å². The van der Waals surface area contributed by atoms with Crippen LogP contribution in [0.15, 0.2) is 30.3 Å². The van der Waals surface area contributed by atoms with E-state index >= 15 is 0 Å². The summed E-state index contributed by atoms with van der Waals surface area (Å²) in [4.78, 5) is 0. The number of hydrogen-bond acceptors (Lipinski definition) is 6. The van der Waals surface area contributed by atoms with Crippen molar-refractivity contribution >= 4 is 24.0 Å². The Morgan fingerprint density at radius 3 is 2.30 bits per heavy atom. The predicted molar refractivity (Wildman–Crippen MR) is 108 cm³/mol. The van der Waals surface area contributed by atoms with Crippen molar-refractivity contribution in [3.8, 4) is 23.0 Å². The zero-order valence-electron chi connectivity index (χ0n) is 15.4. The molecule has 4 N–H and O–H groups in total. The maximum Gasteiger partial charge on any atom is 0.160 e. The maximum absolute atomic E-state index is 10.3. The molecule has 0 saturated carbocycles. The highest BCUT2D eigenvalue weighted by molar-refractivity contribution is 6.31. The van der Waals surface area contributed by atoms with Crippen LogP contribution in [-0.2, 0) is 6.42 Å². The van der Waals surface area contributed by atoms with Gasteiger partial charge in [-0.2, -0.15) is 0 Å². The number of phenolic OH excluding ortho intramolecular Hbond substituents is 2. The van der Waals surface area contributed by atoms with Crippen molar-refractivity contribution < 1.29 is 24.8 Å². The lowest BCUT2D eigenvalue weighted by atomic mass is 10.0. The molecule has 0 aromatic heterocycles. The molecular weight excluding hydrogens is 393 g/mol. The average Bonchev–Trinajstić information content (AvgIpc) is 2.62. The van der Waals surface area contributed by atoms with Crippen molar-refractivity contribution in [1.82, 2.24) is 5.32 Å². The number of hydrogen-bond donors (Lipinski definition) is 4. The molecule has 0 aliphatic rings. The second-order valence-corrected chi connectivity index (χ2v) is 6.49. The van der Waals surface area contributed by atoms with E-state index in [4.69, 9.17) is 21.1 Å². The van der Waals surface area contributed by atoms with Crippen molar-refractivity contribution in [2.75, 3.05) is 20.8 Å². The Kier molecular flexibility index (Phi) is 8.99. The molecule has 0 bridgehead atoms. The molecule has 27 heavy (non-hydrogen) atoms. The summed E-state index contributed by atoms with van der Waals surface area (Å²) >= 11 is 6.02. The van der Waals surface area contributed by atoms with Gasteiger partial charge < -0.3 is 30.1 Å². The Morgan fingerprint density at radius 2 is 1.67 bits per heavy atom. The zero-order chi connectivity index (χ0) is 19.3. The summed E-state index contributed by atoms with van der Waals surface area (Å²) in [7, 11) is 3.19. The lowest BCUT2D eigenvalue weighted by Gasteiger charge is -2.19. The largest absolute Gasteiger partial charge is 0.504 e. The molecule has 6 nitrogen and oxygen atoms in total. The summed E-state index contributed by atoms with van der Waals surface area (Å²) in [5.41, 5.74) is 1.42. The molecule has 0 amide bonds. The van der Waals surface area contributed by atoms with Gasteiger partial charge in [0.15, 0.2) is 23.0 Å². The number of aliphatic hydroxyl groups is 1. The lowest BCUT2D eigenvalue weighted by molar-refractivity contribution is 0.170. The van der Waals surface area contributed by atoms with Crippen molar-refractivity contribution in [2.24, 2.45) is 0 Å². The standard InChI is InChI=1S/C19H24ClNO5.ClH/c1-11(6-12-4-5-18(25-2)19(7-12)26-3)21-10-17(24)13-8-15(22)16(23)9-14(13)20;/h4-5,7-9,11,17,21-24H,6,10H2,1-3H3;1H. The minimum Gasteiger partial charge on any atom is -0.504 e. The van der Waals surface area contributed by atoms with Crippen molar-refractivity contribution in [2.45, 2.75) is 25.5 Å². The number of phenols is 2. The normalized spacial score (nSPS) is 12.8. The first-order valence-corrected chi connectivity index (χ1v) is 8.57. The quantitative estimate of drug-likeness (QED) is 0.491. The molecule has 8 heteroatoms. The van der Waals surface area contributed by atoms with E-state index in [1.807, 2.05) is 25.1 Å². The van der Waals surface area contributed by atoms with Crippen molar-refractivity contribution in [3.05, 3.63) is 46.5 Å². The second kappa shape index (κ2) is 10.5. The van der Waals surface area contributed by atoms with Crippen LogP contribution in [0.4, 0.5) is 0 Å². The number of nitrogens with one attached hydrogen (secondary N) is 1. The van der Waals surface area contributed by atoms with Crippen LogP contribution in [0.3, 0.4) is 0 Å². The summed E-state index contributed by atoms with van der Waals surface area (Å²) in [5, 5.41) is 32.7. The molecule has 0 aliphatic heterocycles. The lowest BCUT2D eigenvalue weighted by Crippen LogP contribution is -2.32. The summed E-state index contributed by atoms with van der Waals surface area (Å²) in [6.07, 6.45) is -0.191. The fraction of sp³-hybridized carbons (Fsp3) is 0.368. The topological polar surface area (TPSA) is 91.2 Å². The van der Waals surface area contributed by atoms with Crippen LogP contribution in [0.25, 0.3) is 0 Å². The maximum atomic E-state index is 10.3. The minimum absolute atomic E-state index is 0. The molecule has 0 heterocycles. The molecule has 2 aromatic rings. The Morgan fingerprint density at radius 1 is 1.04 bits per heavy atom. The Labute approximate surface area is 170 Å². The number of aromatic hydroxyl groups is 2. The first-order valence-electron chi connectivity index (χ1n) is 8.19. The fourth-order valence-electron chi connectivity index (χ4n) is 2.68. The van der Waals surface area contributed by atoms with Crippen LogP contribution in [0, 0.1) is 0 Å². The van der Waals surface area contributed by atoms with Gasteiger partial charge in [-0.25, -0.2) is 0 Å². The fourth-order valence-corrected chi connectivity index (χ4v) is 2.96. The van der Waals surface area contributed by atoms with E-state index in [0.29, 0.717) is 17.1 Å². The first-order chi connectivity index (χ1) is 12.3. The van der Waals surface area contributed by atoms with Gasteiger partial charge in [0.25, 0.3) is 0 Å². The van der Waals surface area contributed by atoms with Crippen LogP contribution in [0.5, 0.6) is 23.0 Å². The van der Waals surface area contributed by atoms with E-state index < -0.39 is 6.10 Å². The third-order valence-electron chi connectivity index (χ3n) is 4.10. The number of ether oxygens (including phenoxy) is 2. The van der Waals surface area contributed by atoms with Gasteiger partial charge in [-0.3, -0.25) is 0 Å². The van der Waals surface area contributed by atoms with E-state index in [0.717, 1.165) is 12.0 Å². The number of halogens is 2. The molecule has 2 rings (SSSR count). The molecule has 2 unspecified atom stereocenters. The van der Waals surface area contributed by atoms with Gasteiger partial charge in [-0.05, 0) is 37.1 Å². The summed E-state index contributed by atoms with van der Waals surface area (Å²) in [5.74, 6) is 0.709. The highest BCUT2D eigenvalue weighted by Gasteiger charge is 2.16. The van der Waals surface area contributed by atoms with Gasteiger partial charge in [0, 0.05) is 24.2 Å². The van der Waals surface area contributed by atoms with Crippen LogP contribution >= 0.6 is 24.0 Å². The van der Waals surface area contributed by atoms with E-state index in [9.17, 15) is 15.3 Å². The highest BCUT2D eigenvalue weighted by Crippen LogP contribution is 2.34. The number of benzene rings is 2. The Hall–Kier alpha value is -1.86. The van der Waals surface area contributed by atoms with Gasteiger partial charge in [-0.15, -0.1) is 12.4 Å². The zero-order valence-corrected chi connectivity index (χ0v) is 17.0. The summed E-state index contributed by atoms with van der Waals surface area (Å²) in [6, 6.07) is 8.29. The third kappa shape index (κ3) is 6.07. The van der Waals surface area contributed by atoms with Crippen molar-refractivity contribution in [3.63, 3.8) is 0 Å². The summed E-state index contributed by atoms with van der Waals surface area (Å²) < 4.78 is 10.5. The monoisotopic (exact) mass is 417 g/mol. The third-order valence-corrected chi connectivity index (χ3v) is 4.43. The molecule has 2 atom stereocenters.